The zero-order valence-corrected chi connectivity index (χ0v) is 12.5. The predicted octanol–water partition coefficient (Wildman–Crippen LogP) is 2.31. The molecule has 0 aromatic heterocycles. The highest BCUT2D eigenvalue weighted by atomic mass is 32.2. The molecule has 0 spiro atoms. The van der Waals surface area contributed by atoms with Crippen LogP contribution in [0.2, 0.25) is 0 Å². The van der Waals surface area contributed by atoms with Gasteiger partial charge in [-0.25, -0.2) is 0 Å². The zero-order valence-electron chi connectivity index (χ0n) is 11.7. The van der Waals surface area contributed by atoms with Crippen molar-refractivity contribution in [1.29, 1.82) is 0 Å². The minimum Gasteiger partial charge on any atom is -0.353 e. The second-order valence-corrected chi connectivity index (χ2v) is 7.27. The molecule has 104 valence electrons. The highest BCUT2D eigenvalue weighted by Gasteiger charge is 2.38. The van der Waals surface area contributed by atoms with E-state index in [0.717, 1.165) is 25.9 Å². The Morgan fingerprint density at radius 2 is 1.94 bits per heavy atom. The molecule has 1 aliphatic heterocycles. The molecule has 2 fully saturated rings. The largest absolute Gasteiger partial charge is 0.353 e. The number of carbonyl (C=O) groups excluding carboxylic acids is 1. The van der Waals surface area contributed by atoms with Crippen LogP contribution in [0.15, 0.2) is 0 Å². The second-order valence-electron chi connectivity index (χ2n) is 5.99. The van der Waals surface area contributed by atoms with Gasteiger partial charge in [0.1, 0.15) is 0 Å². The molecule has 0 aromatic carbocycles. The van der Waals surface area contributed by atoms with Crippen molar-refractivity contribution in [3.63, 3.8) is 0 Å². The Bertz CT molecular complexity index is 294. The van der Waals surface area contributed by atoms with E-state index in [1.165, 1.54) is 32.1 Å². The van der Waals surface area contributed by atoms with E-state index in [4.69, 9.17) is 0 Å². The number of carbonyl (C=O) groups is 1. The molecule has 1 saturated carbocycles. The second kappa shape index (κ2) is 5.83. The van der Waals surface area contributed by atoms with Gasteiger partial charge in [0.15, 0.2) is 0 Å². The normalized spacial score (nSPS) is 31.2. The van der Waals surface area contributed by atoms with Crippen LogP contribution in [0, 0.1) is 0 Å². The number of amides is 1. The quantitative estimate of drug-likeness (QED) is 0.823. The standard InChI is InChI=1S/C14H26N2OS/c1-13(7-6-10-16-13)12(17)15-11-14(18-2)8-4-3-5-9-14/h16H,3-11H2,1-2H3,(H,15,17). The molecular weight excluding hydrogens is 244 g/mol. The predicted molar refractivity (Wildman–Crippen MR) is 78.0 cm³/mol. The smallest absolute Gasteiger partial charge is 0.240 e. The molecule has 1 saturated heterocycles. The number of rotatable bonds is 4. The van der Waals surface area contributed by atoms with Crippen LogP contribution in [-0.4, -0.2) is 35.5 Å². The maximum absolute atomic E-state index is 12.3. The van der Waals surface area contributed by atoms with Gasteiger partial charge in [0.05, 0.1) is 5.54 Å². The minimum atomic E-state index is -0.325. The Hall–Kier alpha value is -0.220. The summed E-state index contributed by atoms with van der Waals surface area (Å²) in [6, 6.07) is 0. The SMILES string of the molecule is CSC1(CNC(=O)C2(C)CCCN2)CCCCC1. The summed E-state index contributed by atoms with van der Waals surface area (Å²) in [5.41, 5.74) is -0.325. The number of hydrogen-bond donors (Lipinski definition) is 2. The molecule has 0 bridgehead atoms. The molecule has 2 aliphatic rings. The van der Waals surface area contributed by atoms with E-state index < -0.39 is 0 Å². The highest BCUT2D eigenvalue weighted by Crippen LogP contribution is 2.38. The third-order valence-electron chi connectivity index (χ3n) is 4.64. The van der Waals surface area contributed by atoms with Crippen molar-refractivity contribution in [1.82, 2.24) is 10.6 Å². The molecule has 1 heterocycles. The van der Waals surface area contributed by atoms with E-state index >= 15 is 0 Å². The van der Waals surface area contributed by atoms with E-state index in [1.807, 2.05) is 18.7 Å². The van der Waals surface area contributed by atoms with Crippen molar-refractivity contribution < 1.29 is 4.79 Å². The molecular formula is C14H26N2OS. The summed E-state index contributed by atoms with van der Waals surface area (Å²) in [6.07, 6.45) is 10.7. The Balaban J connectivity index is 1.87. The molecule has 3 nitrogen and oxygen atoms in total. The summed E-state index contributed by atoms with van der Waals surface area (Å²) in [6.45, 7) is 3.84. The Kier molecular flexibility index (Phi) is 4.59. The fourth-order valence-corrected chi connectivity index (χ4v) is 4.09. The van der Waals surface area contributed by atoms with Crippen molar-refractivity contribution in [2.45, 2.75) is 62.2 Å². The lowest BCUT2D eigenvalue weighted by atomic mass is 9.88. The molecule has 1 amide bonds. The molecule has 4 heteroatoms. The summed E-state index contributed by atoms with van der Waals surface area (Å²) in [5, 5.41) is 6.54. The van der Waals surface area contributed by atoms with Crippen LogP contribution in [0.5, 0.6) is 0 Å². The number of hydrogen-bond acceptors (Lipinski definition) is 3. The lowest BCUT2D eigenvalue weighted by Crippen LogP contribution is -2.54. The molecule has 1 unspecified atom stereocenters. The van der Waals surface area contributed by atoms with Crippen molar-refractivity contribution in [3.8, 4) is 0 Å². The maximum atomic E-state index is 12.3. The average molecular weight is 270 g/mol. The van der Waals surface area contributed by atoms with Gasteiger partial charge in [-0.05, 0) is 45.4 Å². The van der Waals surface area contributed by atoms with Gasteiger partial charge in [-0.15, -0.1) is 0 Å². The maximum Gasteiger partial charge on any atom is 0.240 e. The first-order valence-electron chi connectivity index (χ1n) is 7.19. The zero-order chi connectivity index (χ0) is 13.1. The molecule has 1 atom stereocenters. The van der Waals surface area contributed by atoms with Gasteiger partial charge in [0, 0.05) is 11.3 Å². The monoisotopic (exact) mass is 270 g/mol. The lowest BCUT2D eigenvalue weighted by molar-refractivity contribution is -0.126. The fraction of sp³-hybridized carbons (Fsp3) is 0.929. The first-order valence-corrected chi connectivity index (χ1v) is 8.41. The lowest BCUT2D eigenvalue weighted by Gasteiger charge is -2.37. The summed E-state index contributed by atoms with van der Waals surface area (Å²) in [4.78, 5) is 12.3. The Morgan fingerprint density at radius 1 is 1.22 bits per heavy atom. The van der Waals surface area contributed by atoms with E-state index in [9.17, 15) is 4.79 Å². The van der Waals surface area contributed by atoms with E-state index in [0.29, 0.717) is 4.75 Å². The third kappa shape index (κ3) is 3.02. The molecule has 0 aromatic rings. The van der Waals surface area contributed by atoms with Crippen LogP contribution in [0.3, 0.4) is 0 Å². The highest BCUT2D eigenvalue weighted by molar-refractivity contribution is 8.00. The van der Waals surface area contributed by atoms with E-state index in [1.54, 1.807) is 0 Å². The van der Waals surface area contributed by atoms with Gasteiger partial charge in [-0.3, -0.25) is 4.79 Å². The molecule has 18 heavy (non-hydrogen) atoms. The van der Waals surface area contributed by atoms with Gasteiger partial charge in [-0.1, -0.05) is 19.3 Å². The average Bonchev–Trinajstić information content (AvgIpc) is 2.85. The summed E-state index contributed by atoms with van der Waals surface area (Å²) in [5.74, 6) is 0.194. The van der Waals surface area contributed by atoms with Crippen LogP contribution >= 0.6 is 11.8 Å². The van der Waals surface area contributed by atoms with Gasteiger partial charge >= 0.3 is 0 Å². The van der Waals surface area contributed by atoms with Crippen molar-refractivity contribution in [2.75, 3.05) is 19.3 Å². The number of thioether (sulfide) groups is 1. The van der Waals surface area contributed by atoms with Crippen molar-refractivity contribution in [3.05, 3.63) is 0 Å². The topological polar surface area (TPSA) is 41.1 Å². The van der Waals surface area contributed by atoms with Gasteiger partial charge < -0.3 is 10.6 Å². The first kappa shape index (κ1) is 14.2. The van der Waals surface area contributed by atoms with E-state index in [2.05, 4.69) is 16.9 Å². The molecule has 2 N–H and O–H groups in total. The van der Waals surface area contributed by atoms with Gasteiger partial charge in [0.2, 0.25) is 5.91 Å². The molecule has 0 radical (unpaired) electrons. The molecule has 1 aliphatic carbocycles. The van der Waals surface area contributed by atoms with Crippen molar-refractivity contribution >= 4 is 17.7 Å². The van der Waals surface area contributed by atoms with Gasteiger partial charge in [-0.2, -0.15) is 11.8 Å². The number of nitrogens with one attached hydrogen (secondary N) is 2. The van der Waals surface area contributed by atoms with Crippen LogP contribution in [0.4, 0.5) is 0 Å². The van der Waals surface area contributed by atoms with Crippen LogP contribution in [0.1, 0.15) is 51.9 Å². The van der Waals surface area contributed by atoms with Gasteiger partial charge in [0.25, 0.3) is 0 Å². The fourth-order valence-electron chi connectivity index (χ4n) is 3.17. The van der Waals surface area contributed by atoms with Crippen LogP contribution in [0.25, 0.3) is 0 Å². The molecule has 2 rings (SSSR count). The summed E-state index contributed by atoms with van der Waals surface area (Å²) < 4.78 is 0.295. The summed E-state index contributed by atoms with van der Waals surface area (Å²) >= 11 is 1.94. The first-order chi connectivity index (χ1) is 8.60. The Morgan fingerprint density at radius 3 is 2.50 bits per heavy atom. The van der Waals surface area contributed by atoms with Crippen LogP contribution in [-0.2, 0) is 4.79 Å². The van der Waals surface area contributed by atoms with E-state index in [-0.39, 0.29) is 11.4 Å². The van der Waals surface area contributed by atoms with Crippen LogP contribution < -0.4 is 10.6 Å². The minimum absolute atomic E-state index is 0.194. The third-order valence-corrected chi connectivity index (χ3v) is 6.06. The van der Waals surface area contributed by atoms with Crippen molar-refractivity contribution in [2.24, 2.45) is 0 Å². The summed E-state index contributed by atoms with van der Waals surface area (Å²) in [7, 11) is 0. The Labute approximate surface area is 115 Å².